The maximum Gasteiger partial charge on any atom is 0.217 e. The number of benzene rings is 4. The first-order valence-electron chi connectivity index (χ1n) is 12.8. The lowest BCUT2D eigenvalue weighted by Crippen LogP contribution is -2.52. The fraction of sp³-hybridized carbons (Fsp3) is 0.182. The van der Waals surface area contributed by atoms with Crippen LogP contribution in [0.5, 0.6) is 0 Å². The molecule has 184 valence electrons. The third-order valence-corrected chi connectivity index (χ3v) is 11.7. The highest BCUT2D eigenvalue weighted by atomic mass is 28.3. The van der Waals surface area contributed by atoms with Crippen LogP contribution in [0.2, 0.25) is 13.1 Å². The molecule has 6 rings (SSSR count). The molecule has 2 heterocycles. The molecule has 2 nitrogen and oxygen atoms in total. The minimum atomic E-state index is -1.82. The summed E-state index contributed by atoms with van der Waals surface area (Å²) in [5, 5.41) is 6.10. The SMILES string of the molecule is Cc1cc2c(oc3cc(F)ccc32)c(-c2cc(C)c3cc([Si](C)(C)c4ccccc4)ccc3[n+]2C)c1C. The monoisotopic (exact) mass is 504 g/mol. The van der Waals surface area contributed by atoms with Gasteiger partial charge >= 0.3 is 0 Å². The Labute approximate surface area is 218 Å². The van der Waals surface area contributed by atoms with Crippen LogP contribution in [0.3, 0.4) is 0 Å². The van der Waals surface area contributed by atoms with Crippen LogP contribution in [-0.4, -0.2) is 8.07 Å². The van der Waals surface area contributed by atoms with Crippen molar-refractivity contribution < 1.29 is 13.4 Å². The van der Waals surface area contributed by atoms with E-state index in [-0.39, 0.29) is 5.82 Å². The highest BCUT2D eigenvalue weighted by molar-refractivity contribution is 7.00. The molecular formula is C33H31FNOSi+. The average Bonchev–Trinajstić information content (AvgIpc) is 3.24. The normalized spacial score (nSPS) is 12.2. The van der Waals surface area contributed by atoms with Gasteiger partial charge in [-0.2, -0.15) is 4.57 Å². The van der Waals surface area contributed by atoms with Crippen LogP contribution in [-0.2, 0) is 7.05 Å². The van der Waals surface area contributed by atoms with Crippen molar-refractivity contribution in [2.24, 2.45) is 7.05 Å². The van der Waals surface area contributed by atoms with Crippen molar-refractivity contribution >= 4 is 51.3 Å². The van der Waals surface area contributed by atoms with E-state index in [1.54, 1.807) is 0 Å². The molecule has 0 aliphatic rings. The molecular weight excluding hydrogens is 473 g/mol. The van der Waals surface area contributed by atoms with Crippen molar-refractivity contribution in [3.05, 3.63) is 101 Å². The van der Waals surface area contributed by atoms with Crippen LogP contribution in [0, 0.1) is 26.6 Å². The summed E-state index contributed by atoms with van der Waals surface area (Å²) in [6.07, 6.45) is 0. The van der Waals surface area contributed by atoms with E-state index in [1.807, 2.05) is 6.07 Å². The molecule has 0 radical (unpaired) electrons. The van der Waals surface area contributed by atoms with Gasteiger partial charge < -0.3 is 4.42 Å². The summed E-state index contributed by atoms with van der Waals surface area (Å²) in [5.41, 5.74) is 8.36. The maximum atomic E-state index is 14.0. The molecule has 4 heteroatoms. The molecule has 0 saturated heterocycles. The summed E-state index contributed by atoms with van der Waals surface area (Å²) in [6, 6.07) is 27.1. The van der Waals surface area contributed by atoms with Crippen LogP contribution >= 0.6 is 0 Å². The Hall–Kier alpha value is -3.76. The number of furan rings is 1. The quantitative estimate of drug-likeness (QED) is 0.185. The first-order valence-corrected chi connectivity index (χ1v) is 15.8. The molecule has 0 N–H and O–H groups in total. The smallest absolute Gasteiger partial charge is 0.217 e. The Morgan fingerprint density at radius 1 is 0.730 bits per heavy atom. The number of rotatable bonds is 3. The maximum absolute atomic E-state index is 14.0. The van der Waals surface area contributed by atoms with Crippen molar-refractivity contribution in [1.82, 2.24) is 0 Å². The fourth-order valence-corrected chi connectivity index (χ4v) is 8.09. The van der Waals surface area contributed by atoms with Gasteiger partial charge in [-0.25, -0.2) is 4.39 Å². The molecule has 4 aromatic carbocycles. The summed E-state index contributed by atoms with van der Waals surface area (Å²) >= 11 is 0. The first kappa shape index (κ1) is 23.6. The molecule has 0 spiro atoms. The second kappa shape index (κ2) is 8.39. The summed E-state index contributed by atoms with van der Waals surface area (Å²) in [6.45, 7) is 11.3. The Bertz CT molecular complexity index is 1850. The fourth-order valence-electron chi connectivity index (χ4n) is 5.72. The van der Waals surface area contributed by atoms with E-state index in [9.17, 15) is 4.39 Å². The third kappa shape index (κ3) is 3.62. The summed E-state index contributed by atoms with van der Waals surface area (Å²) in [7, 11) is 0.310. The minimum Gasteiger partial charge on any atom is -0.455 e. The van der Waals surface area contributed by atoms with Gasteiger partial charge in [-0.1, -0.05) is 59.9 Å². The minimum absolute atomic E-state index is 0.286. The topological polar surface area (TPSA) is 17.0 Å². The van der Waals surface area contributed by atoms with E-state index in [1.165, 1.54) is 50.1 Å². The largest absolute Gasteiger partial charge is 0.455 e. The molecule has 0 aliphatic heterocycles. The lowest BCUT2D eigenvalue weighted by Gasteiger charge is -2.24. The van der Waals surface area contributed by atoms with E-state index in [0.717, 1.165) is 27.6 Å². The molecule has 6 aromatic rings. The number of hydrogen-bond donors (Lipinski definition) is 0. The molecule has 0 atom stereocenters. The van der Waals surface area contributed by atoms with E-state index in [0.29, 0.717) is 5.58 Å². The van der Waals surface area contributed by atoms with Gasteiger partial charge in [-0.15, -0.1) is 0 Å². The van der Waals surface area contributed by atoms with Crippen molar-refractivity contribution in [1.29, 1.82) is 0 Å². The molecule has 0 saturated carbocycles. The van der Waals surface area contributed by atoms with E-state index >= 15 is 0 Å². The zero-order valence-corrected chi connectivity index (χ0v) is 23.2. The number of aromatic nitrogens is 1. The molecule has 0 aliphatic carbocycles. The molecule has 0 fully saturated rings. The second-order valence-electron chi connectivity index (χ2n) is 10.8. The number of pyridine rings is 1. The van der Waals surface area contributed by atoms with E-state index in [2.05, 4.69) is 106 Å². The predicted octanol–water partition coefficient (Wildman–Crippen LogP) is 7.12. The van der Waals surface area contributed by atoms with Gasteiger partial charge in [0, 0.05) is 34.4 Å². The van der Waals surface area contributed by atoms with Crippen LogP contribution in [0.4, 0.5) is 4.39 Å². The zero-order valence-electron chi connectivity index (χ0n) is 22.2. The van der Waals surface area contributed by atoms with Gasteiger partial charge in [0.25, 0.3) is 0 Å². The highest BCUT2D eigenvalue weighted by Crippen LogP contribution is 2.39. The number of fused-ring (bicyclic) bond motifs is 4. The van der Waals surface area contributed by atoms with Gasteiger partial charge in [-0.3, -0.25) is 0 Å². The summed E-state index contributed by atoms with van der Waals surface area (Å²) in [5.74, 6) is -0.286. The van der Waals surface area contributed by atoms with Crippen molar-refractivity contribution in [2.75, 3.05) is 0 Å². The first-order chi connectivity index (χ1) is 17.7. The van der Waals surface area contributed by atoms with Crippen molar-refractivity contribution in [3.63, 3.8) is 0 Å². The summed E-state index contributed by atoms with van der Waals surface area (Å²) in [4.78, 5) is 0. The van der Waals surface area contributed by atoms with Gasteiger partial charge in [0.2, 0.25) is 11.2 Å². The van der Waals surface area contributed by atoms with Crippen LogP contribution in [0.25, 0.3) is 44.1 Å². The molecule has 0 unspecified atom stereocenters. The number of hydrogen-bond acceptors (Lipinski definition) is 1. The molecule has 0 bridgehead atoms. The third-order valence-electron chi connectivity index (χ3n) is 8.22. The number of aryl methyl sites for hydroxylation is 3. The van der Waals surface area contributed by atoms with Crippen LogP contribution in [0.1, 0.15) is 16.7 Å². The van der Waals surface area contributed by atoms with Crippen molar-refractivity contribution in [2.45, 2.75) is 33.9 Å². The summed E-state index contributed by atoms with van der Waals surface area (Å²) < 4.78 is 22.6. The standard InChI is InChI=1S/C33H31FNOSi/c1-20-16-28-26-14-12-23(34)18-31(26)36-33(28)32(22(20)3)30-17-21(2)27-19-25(13-15-29(27)35(30)4)37(5,6)24-10-8-7-9-11-24/h7-19H,1-6H3/q+1. The molecule has 2 aromatic heterocycles. The molecule has 37 heavy (non-hydrogen) atoms. The van der Waals surface area contributed by atoms with E-state index < -0.39 is 8.07 Å². The lowest BCUT2D eigenvalue weighted by atomic mass is 9.95. The Morgan fingerprint density at radius 3 is 2.24 bits per heavy atom. The van der Waals surface area contributed by atoms with Gasteiger partial charge in [-0.05, 0) is 61.7 Å². The van der Waals surface area contributed by atoms with E-state index in [4.69, 9.17) is 4.42 Å². The zero-order chi connectivity index (χ0) is 26.1. The average molecular weight is 505 g/mol. The van der Waals surface area contributed by atoms with Crippen LogP contribution < -0.4 is 14.9 Å². The Kier molecular flexibility index (Phi) is 5.36. The Morgan fingerprint density at radius 2 is 1.49 bits per heavy atom. The van der Waals surface area contributed by atoms with Crippen LogP contribution in [0.15, 0.2) is 83.3 Å². The van der Waals surface area contributed by atoms with Crippen molar-refractivity contribution in [3.8, 4) is 11.3 Å². The second-order valence-corrected chi connectivity index (χ2v) is 15.2. The molecule has 0 amide bonds. The van der Waals surface area contributed by atoms with Gasteiger partial charge in [0.05, 0.1) is 5.56 Å². The van der Waals surface area contributed by atoms with Gasteiger partial charge in [0.1, 0.15) is 32.1 Å². The highest BCUT2D eigenvalue weighted by Gasteiger charge is 2.29. The number of nitrogens with zero attached hydrogens (tertiary/aromatic N) is 1. The van der Waals surface area contributed by atoms with Gasteiger partial charge in [0.15, 0.2) is 0 Å². The predicted molar refractivity (Wildman–Crippen MR) is 155 cm³/mol. The number of halogens is 1. The Balaban J connectivity index is 1.60. The lowest BCUT2D eigenvalue weighted by molar-refractivity contribution is -0.633.